The van der Waals surface area contributed by atoms with E-state index in [0.29, 0.717) is 7.67 Å². The fourth-order valence-electron chi connectivity index (χ4n) is 1.09. The number of hydrogen-bond acceptors (Lipinski definition) is 1. The molecule has 0 saturated carbocycles. The molecule has 0 aliphatic carbocycles. The van der Waals surface area contributed by atoms with Gasteiger partial charge in [-0.05, 0) is 0 Å². The van der Waals surface area contributed by atoms with Crippen molar-refractivity contribution in [3.63, 3.8) is 0 Å². The second-order valence-corrected chi connectivity index (χ2v) is 4.53. The summed E-state index contributed by atoms with van der Waals surface area (Å²) in [5.41, 5.74) is 1.40. The van der Waals surface area contributed by atoms with E-state index in [2.05, 4.69) is 84.8 Å². The Morgan fingerprint density at radius 3 is 1.70 bits per heavy atom. The van der Waals surface area contributed by atoms with E-state index in [4.69, 9.17) is 18.6 Å². The molecule has 0 bridgehead atoms. The van der Waals surface area contributed by atoms with Gasteiger partial charge < -0.3 is 0 Å². The van der Waals surface area contributed by atoms with Crippen molar-refractivity contribution < 1.29 is 33.5 Å². The molecule has 1 rings (SSSR count). The number of hydrogen-bond donors (Lipinski definition) is 0. The second-order valence-electron chi connectivity index (χ2n) is 2.98. The summed E-state index contributed by atoms with van der Waals surface area (Å²) in [4.78, 5) is 2.18. The van der Waals surface area contributed by atoms with Crippen molar-refractivity contribution in [1.82, 2.24) is 4.90 Å². The van der Waals surface area contributed by atoms with Crippen LogP contribution in [0, 0.1) is 26.6 Å². The molecule has 7 heteroatoms. The quantitative estimate of drug-likeness (QED) is 0.448. The first-order valence-corrected chi connectivity index (χ1v) is 7.14. The molecule has 1 radical (unpaired) electrons. The van der Waals surface area contributed by atoms with Gasteiger partial charge in [-0.15, -0.1) is 0 Å². The summed E-state index contributed by atoms with van der Waals surface area (Å²) in [5, 5.41) is 1.38. The molecule has 0 atom stereocenters. The van der Waals surface area contributed by atoms with Crippen LogP contribution in [0.4, 0.5) is 0 Å². The molecular formula is C13H12FeNO4Si. The zero-order valence-electron chi connectivity index (χ0n) is 11.0. The van der Waals surface area contributed by atoms with Crippen molar-refractivity contribution in [1.29, 1.82) is 0 Å². The maximum atomic E-state index is 7.50. The van der Waals surface area contributed by atoms with Crippen LogP contribution < -0.4 is 5.19 Å². The van der Waals surface area contributed by atoms with Crippen LogP contribution in [0.2, 0.25) is 0 Å². The number of nitrogens with zero attached hydrogens (tertiary/aromatic N) is 1. The van der Waals surface area contributed by atoms with Crippen LogP contribution in [-0.2, 0) is 40.0 Å². The standard InChI is InChI=1S/C9H12NSi.4CO.Fe/c1-10(2)7-8-5-3-4-6-9(8)11;4*1-2;/h3-6H,7H2,1-2H3;;;;;. The van der Waals surface area contributed by atoms with Gasteiger partial charge in [-0.25, -0.2) is 0 Å². The summed E-state index contributed by atoms with van der Waals surface area (Å²) < 4.78 is 30.0. The third-order valence-corrected chi connectivity index (χ3v) is 3.17. The fraction of sp³-hybridized carbons (Fsp3) is 0.231. The van der Waals surface area contributed by atoms with Crippen molar-refractivity contribution in [3.05, 3.63) is 56.4 Å². The van der Waals surface area contributed by atoms with E-state index in [0.717, 1.165) is 6.54 Å². The Labute approximate surface area is 128 Å². The van der Waals surface area contributed by atoms with Gasteiger partial charge in [-0.1, -0.05) is 0 Å². The summed E-state index contributed by atoms with van der Waals surface area (Å²) in [5.74, 6) is 0. The zero-order chi connectivity index (χ0) is 17.0. The van der Waals surface area contributed by atoms with E-state index >= 15 is 0 Å². The summed E-state index contributed by atoms with van der Waals surface area (Å²) in [7, 11) is 4.82. The van der Waals surface area contributed by atoms with E-state index in [1.807, 2.05) is 0 Å². The Morgan fingerprint density at radius 1 is 0.950 bits per heavy atom. The molecule has 0 aliphatic rings. The SMILES string of the molecule is CN(C)Cc1ccccc1[Si]=[Fe].[C-]#[O+].[C-]#[O+].[C-]#[O+].[C-]#[O+]. The van der Waals surface area contributed by atoms with E-state index in [1.54, 1.807) is 0 Å². The maximum absolute atomic E-state index is 7.50. The minimum absolute atomic E-state index is 0.652. The monoisotopic (exact) mass is 330 g/mol. The first kappa shape index (κ1) is 27.3. The first-order valence-electron chi connectivity index (χ1n) is 4.63. The third-order valence-electron chi connectivity index (χ3n) is 1.60. The molecule has 0 saturated heterocycles. The van der Waals surface area contributed by atoms with Crippen LogP contribution in [0.1, 0.15) is 5.56 Å². The molecule has 1 aromatic carbocycles. The third kappa shape index (κ3) is 16.9. The van der Waals surface area contributed by atoms with E-state index in [-0.39, 0.29) is 0 Å². The molecule has 5 nitrogen and oxygen atoms in total. The van der Waals surface area contributed by atoms with Gasteiger partial charge in [0.2, 0.25) is 0 Å². The van der Waals surface area contributed by atoms with Gasteiger partial charge in [0.25, 0.3) is 0 Å². The molecule has 0 heterocycles. The van der Waals surface area contributed by atoms with Gasteiger partial charge in [0, 0.05) is 0 Å². The summed E-state index contributed by atoms with van der Waals surface area (Å²) in [6.07, 6.45) is 0. The van der Waals surface area contributed by atoms with Gasteiger partial charge >= 0.3 is 128 Å². The summed E-state index contributed by atoms with van der Waals surface area (Å²) in [6.45, 7) is 19.0. The minimum atomic E-state index is 0.652. The first-order chi connectivity index (χ1) is 9.74. The van der Waals surface area contributed by atoms with Gasteiger partial charge in [0.05, 0.1) is 0 Å². The Hall–Kier alpha value is -1.12. The Kier molecular flexibility index (Phi) is 36.0. The predicted molar refractivity (Wildman–Crippen MR) is 64.9 cm³/mol. The molecule has 0 spiro atoms. The molecule has 0 fully saturated rings. The predicted octanol–water partition coefficient (Wildman–Crippen LogP) is 0.389. The van der Waals surface area contributed by atoms with Gasteiger partial charge in [0.1, 0.15) is 0 Å². The van der Waals surface area contributed by atoms with Crippen molar-refractivity contribution >= 4 is 12.9 Å². The van der Waals surface area contributed by atoms with Crippen LogP contribution in [0.25, 0.3) is 0 Å². The van der Waals surface area contributed by atoms with Crippen molar-refractivity contribution in [2.75, 3.05) is 14.1 Å². The van der Waals surface area contributed by atoms with Crippen molar-refractivity contribution in [2.24, 2.45) is 0 Å². The molecule has 0 aliphatic heterocycles. The molecule has 1 aromatic rings. The molecule has 0 unspecified atom stereocenters. The van der Waals surface area contributed by atoms with Gasteiger partial charge in [-0.2, -0.15) is 0 Å². The van der Waals surface area contributed by atoms with Crippen LogP contribution in [-0.4, -0.2) is 26.7 Å². The number of rotatable bonds is 3. The fourth-order valence-corrected chi connectivity index (χ4v) is 2.32. The molecular weight excluding hydrogens is 318 g/mol. The molecule has 0 amide bonds. The van der Waals surface area contributed by atoms with Gasteiger partial charge in [0.15, 0.2) is 0 Å². The second kappa shape index (κ2) is 26.4. The normalized spacial score (nSPS) is 6.60. The molecule has 0 aromatic heterocycles. The number of benzene rings is 1. The van der Waals surface area contributed by atoms with Crippen LogP contribution in [0.5, 0.6) is 0 Å². The van der Waals surface area contributed by atoms with Crippen LogP contribution in [0.3, 0.4) is 0 Å². The topological polar surface area (TPSA) is 82.8 Å². The Morgan fingerprint density at radius 2 is 1.35 bits per heavy atom. The average Bonchev–Trinajstić information content (AvgIpc) is 2.55. The molecule has 0 N–H and O–H groups in total. The molecule has 20 heavy (non-hydrogen) atoms. The molecule has 105 valence electrons. The van der Waals surface area contributed by atoms with Crippen molar-refractivity contribution in [3.8, 4) is 0 Å². The zero-order valence-corrected chi connectivity index (χ0v) is 13.1. The van der Waals surface area contributed by atoms with Gasteiger partial charge in [-0.3, -0.25) is 0 Å². The average molecular weight is 330 g/mol. The van der Waals surface area contributed by atoms with Crippen molar-refractivity contribution in [2.45, 2.75) is 6.54 Å². The summed E-state index contributed by atoms with van der Waals surface area (Å²) >= 11 is 3.93. The Balaban J connectivity index is -0.000000138. The van der Waals surface area contributed by atoms with E-state index < -0.39 is 0 Å². The Bertz CT molecular complexity index is 403. The van der Waals surface area contributed by atoms with E-state index in [9.17, 15) is 0 Å². The summed E-state index contributed by atoms with van der Waals surface area (Å²) in [6, 6.07) is 8.49. The van der Waals surface area contributed by atoms with E-state index in [1.165, 1.54) is 10.8 Å². The van der Waals surface area contributed by atoms with Crippen LogP contribution >= 0.6 is 0 Å². The van der Waals surface area contributed by atoms with Crippen LogP contribution in [0.15, 0.2) is 24.3 Å².